The third-order valence-electron chi connectivity index (χ3n) is 4.37. The van der Waals surface area contributed by atoms with E-state index in [1.54, 1.807) is 12.1 Å². The minimum Gasteiger partial charge on any atom is -0.492 e. The highest BCUT2D eigenvalue weighted by Crippen LogP contribution is 2.14. The fourth-order valence-electron chi connectivity index (χ4n) is 2.42. The molecule has 30 heavy (non-hydrogen) atoms. The van der Waals surface area contributed by atoms with E-state index in [4.69, 9.17) is 4.74 Å². The van der Waals surface area contributed by atoms with Crippen molar-refractivity contribution in [3.05, 3.63) is 59.2 Å². The Morgan fingerprint density at radius 1 is 0.867 bits per heavy atom. The number of rotatable bonds is 10. The summed E-state index contributed by atoms with van der Waals surface area (Å²) in [6.45, 7) is 5.53. The van der Waals surface area contributed by atoms with E-state index in [0.29, 0.717) is 12.4 Å². The number of ether oxygens (including phenoxy) is 1. The molecule has 0 heterocycles. The predicted molar refractivity (Wildman–Crippen MR) is 114 cm³/mol. The highest BCUT2D eigenvalue weighted by molar-refractivity contribution is 7.89. The van der Waals surface area contributed by atoms with Crippen molar-refractivity contribution in [3.8, 4) is 5.75 Å². The van der Waals surface area contributed by atoms with Gasteiger partial charge in [0.2, 0.25) is 21.8 Å². The van der Waals surface area contributed by atoms with E-state index in [1.165, 1.54) is 6.07 Å². The smallest absolute Gasteiger partial charge is 0.241 e. The van der Waals surface area contributed by atoms with E-state index in [-0.39, 0.29) is 18.0 Å². The average Bonchev–Trinajstić information content (AvgIpc) is 2.71. The van der Waals surface area contributed by atoms with Crippen molar-refractivity contribution in [1.29, 1.82) is 0 Å². The predicted octanol–water partition coefficient (Wildman–Crippen LogP) is 1.20. The van der Waals surface area contributed by atoms with E-state index in [0.717, 1.165) is 16.7 Å². The standard InChI is InChI=1S/C21H27N3O5S/c1-15-4-7-18(8-5-15)29-11-10-22-20(25)13-23-21(26)14-24-30(27,28)19-9-6-16(2)17(3)12-19/h4-9,12,24H,10-11,13-14H2,1-3H3,(H,22,25)(H,23,26). The van der Waals surface area contributed by atoms with Gasteiger partial charge in [-0.1, -0.05) is 23.8 Å². The van der Waals surface area contributed by atoms with Crippen molar-refractivity contribution >= 4 is 21.8 Å². The van der Waals surface area contributed by atoms with Crippen LogP contribution in [0.2, 0.25) is 0 Å². The van der Waals surface area contributed by atoms with Crippen molar-refractivity contribution in [2.45, 2.75) is 25.7 Å². The summed E-state index contributed by atoms with van der Waals surface area (Å²) < 4.78 is 32.2. The zero-order chi connectivity index (χ0) is 22.1. The number of carbonyl (C=O) groups excluding carboxylic acids is 2. The van der Waals surface area contributed by atoms with E-state index < -0.39 is 28.4 Å². The Bertz CT molecular complexity index is 988. The number of hydrogen-bond donors (Lipinski definition) is 3. The lowest BCUT2D eigenvalue weighted by atomic mass is 10.1. The molecule has 0 aliphatic rings. The van der Waals surface area contributed by atoms with E-state index >= 15 is 0 Å². The van der Waals surface area contributed by atoms with Crippen LogP contribution in [0.1, 0.15) is 16.7 Å². The first-order valence-electron chi connectivity index (χ1n) is 9.47. The molecular formula is C21H27N3O5S. The maximum atomic E-state index is 12.3. The number of hydrogen-bond acceptors (Lipinski definition) is 5. The zero-order valence-corrected chi connectivity index (χ0v) is 18.1. The highest BCUT2D eigenvalue weighted by atomic mass is 32.2. The first kappa shape index (κ1) is 23.4. The Morgan fingerprint density at radius 3 is 2.20 bits per heavy atom. The molecule has 0 spiro atoms. The Labute approximate surface area is 177 Å². The normalized spacial score (nSPS) is 11.0. The maximum absolute atomic E-state index is 12.3. The van der Waals surface area contributed by atoms with Gasteiger partial charge in [0.15, 0.2) is 0 Å². The van der Waals surface area contributed by atoms with Crippen LogP contribution in [0.4, 0.5) is 0 Å². The Kier molecular flexibility index (Phi) is 8.37. The SMILES string of the molecule is Cc1ccc(OCCNC(=O)CNC(=O)CNS(=O)(=O)c2ccc(C)c(C)c2)cc1. The zero-order valence-electron chi connectivity index (χ0n) is 17.3. The second kappa shape index (κ2) is 10.7. The van der Waals surface area contributed by atoms with Crippen molar-refractivity contribution in [1.82, 2.24) is 15.4 Å². The fourth-order valence-corrected chi connectivity index (χ4v) is 3.49. The molecule has 3 N–H and O–H groups in total. The topological polar surface area (TPSA) is 114 Å². The summed E-state index contributed by atoms with van der Waals surface area (Å²) in [5, 5.41) is 4.99. The monoisotopic (exact) mass is 433 g/mol. The summed E-state index contributed by atoms with van der Waals surface area (Å²) in [6, 6.07) is 12.3. The summed E-state index contributed by atoms with van der Waals surface area (Å²) in [4.78, 5) is 23.7. The minimum atomic E-state index is -3.81. The van der Waals surface area contributed by atoms with Gasteiger partial charge in [-0.3, -0.25) is 9.59 Å². The molecule has 8 nitrogen and oxygen atoms in total. The molecule has 0 aliphatic heterocycles. The van der Waals surface area contributed by atoms with E-state index in [1.807, 2.05) is 45.0 Å². The fraction of sp³-hybridized carbons (Fsp3) is 0.333. The molecular weight excluding hydrogens is 406 g/mol. The number of aryl methyl sites for hydroxylation is 3. The van der Waals surface area contributed by atoms with Crippen LogP contribution < -0.4 is 20.1 Å². The Morgan fingerprint density at radius 2 is 1.53 bits per heavy atom. The number of benzene rings is 2. The van der Waals surface area contributed by atoms with Crippen LogP contribution in [0.5, 0.6) is 5.75 Å². The van der Waals surface area contributed by atoms with Crippen molar-refractivity contribution in [2.75, 3.05) is 26.2 Å². The summed E-state index contributed by atoms with van der Waals surface area (Å²) in [5.41, 5.74) is 2.94. The first-order chi connectivity index (χ1) is 14.2. The number of sulfonamides is 1. The van der Waals surface area contributed by atoms with Crippen molar-refractivity contribution in [2.24, 2.45) is 0 Å². The van der Waals surface area contributed by atoms with Crippen molar-refractivity contribution in [3.63, 3.8) is 0 Å². The Hall–Kier alpha value is -2.91. The molecule has 2 rings (SSSR count). The van der Waals surface area contributed by atoms with Crippen LogP contribution in [0.15, 0.2) is 47.4 Å². The minimum absolute atomic E-state index is 0.0877. The van der Waals surface area contributed by atoms with Crippen LogP contribution in [0, 0.1) is 20.8 Å². The van der Waals surface area contributed by atoms with E-state index in [2.05, 4.69) is 15.4 Å². The molecule has 162 valence electrons. The molecule has 0 aromatic heterocycles. The third-order valence-corrected chi connectivity index (χ3v) is 5.77. The van der Waals surface area contributed by atoms with Crippen molar-refractivity contribution < 1.29 is 22.7 Å². The molecule has 0 aliphatic carbocycles. The van der Waals surface area contributed by atoms with Crippen LogP contribution in [-0.4, -0.2) is 46.5 Å². The summed E-state index contributed by atoms with van der Waals surface area (Å²) in [7, 11) is -3.81. The van der Waals surface area contributed by atoms with Crippen LogP contribution in [0.25, 0.3) is 0 Å². The third kappa shape index (κ3) is 7.49. The molecule has 0 saturated heterocycles. The lowest BCUT2D eigenvalue weighted by Gasteiger charge is -2.10. The molecule has 0 fully saturated rings. The lowest BCUT2D eigenvalue weighted by molar-refractivity contribution is -0.125. The van der Waals surface area contributed by atoms with Gasteiger partial charge >= 0.3 is 0 Å². The van der Waals surface area contributed by atoms with Gasteiger partial charge in [-0.25, -0.2) is 13.1 Å². The molecule has 2 amide bonds. The molecule has 2 aromatic rings. The quantitative estimate of drug-likeness (QED) is 0.487. The number of carbonyl (C=O) groups is 2. The molecule has 2 aromatic carbocycles. The van der Waals surface area contributed by atoms with Gasteiger partial charge in [-0.2, -0.15) is 0 Å². The summed E-state index contributed by atoms with van der Waals surface area (Å²) in [5.74, 6) is -0.291. The molecule has 0 saturated carbocycles. The van der Waals surface area contributed by atoms with Crippen LogP contribution >= 0.6 is 0 Å². The van der Waals surface area contributed by atoms with E-state index in [9.17, 15) is 18.0 Å². The average molecular weight is 434 g/mol. The van der Waals surface area contributed by atoms with Gasteiger partial charge in [0.1, 0.15) is 12.4 Å². The first-order valence-corrected chi connectivity index (χ1v) is 11.0. The molecule has 9 heteroatoms. The van der Waals surface area contributed by atoms with Gasteiger partial charge in [-0.05, 0) is 56.2 Å². The largest absolute Gasteiger partial charge is 0.492 e. The number of nitrogens with one attached hydrogen (secondary N) is 3. The van der Waals surface area contributed by atoms with Gasteiger partial charge in [-0.15, -0.1) is 0 Å². The van der Waals surface area contributed by atoms with Gasteiger partial charge in [0.05, 0.1) is 24.5 Å². The molecule has 0 bridgehead atoms. The van der Waals surface area contributed by atoms with Gasteiger partial charge in [0, 0.05) is 0 Å². The van der Waals surface area contributed by atoms with Gasteiger partial charge in [0.25, 0.3) is 0 Å². The second-order valence-corrected chi connectivity index (χ2v) is 8.63. The van der Waals surface area contributed by atoms with Gasteiger partial charge < -0.3 is 15.4 Å². The maximum Gasteiger partial charge on any atom is 0.241 e. The number of amides is 2. The second-order valence-electron chi connectivity index (χ2n) is 6.86. The van der Waals surface area contributed by atoms with Crippen LogP contribution in [0.3, 0.4) is 0 Å². The van der Waals surface area contributed by atoms with Crippen LogP contribution in [-0.2, 0) is 19.6 Å². The molecule has 0 unspecified atom stereocenters. The lowest BCUT2D eigenvalue weighted by Crippen LogP contribution is -2.42. The molecule has 0 atom stereocenters. The molecule has 0 radical (unpaired) electrons. The Balaban J connectivity index is 1.66. The highest BCUT2D eigenvalue weighted by Gasteiger charge is 2.16. The summed E-state index contributed by atoms with van der Waals surface area (Å²) in [6.07, 6.45) is 0. The summed E-state index contributed by atoms with van der Waals surface area (Å²) >= 11 is 0.